The number of carbonyl (C=O) groups excluding carboxylic acids is 1. The second-order valence-electron chi connectivity index (χ2n) is 6.01. The number of nitrogens with zero attached hydrogens (tertiary/aromatic N) is 3. The highest BCUT2D eigenvalue weighted by molar-refractivity contribution is 5.91. The quantitative estimate of drug-likeness (QED) is 0.468. The van der Waals surface area contributed by atoms with Gasteiger partial charge in [0.1, 0.15) is 11.9 Å². The number of likely N-dealkylation sites (tertiary alicyclic amines) is 1. The first kappa shape index (κ1) is 17.6. The Morgan fingerprint density at radius 1 is 1.23 bits per heavy atom. The van der Waals surface area contributed by atoms with Crippen LogP contribution < -0.4 is 4.74 Å². The molecule has 1 aliphatic heterocycles. The van der Waals surface area contributed by atoms with Gasteiger partial charge in [0.15, 0.2) is 0 Å². The summed E-state index contributed by atoms with van der Waals surface area (Å²) in [5.74, 6) is 0.679. The normalized spacial score (nSPS) is 15.2. The van der Waals surface area contributed by atoms with E-state index in [2.05, 4.69) is 4.98 Å². The number of nitro groups is 1. The fourth-order valence-electron chi connectivity index (χ4n) is 2.78. The van der Waals surface area contributed by atoms with Gasteiger partial charge in [-0.2, -0.15) is 0 Å². The summed E-state index contributed by atoms with van der Waals surface area (Å²) >= 11 is 0. The molecule has 2 aromatic rings. The molecule has 1 aromatic heterocycles. The minimum Gasteiger partial charge on any atom is -0.489 e. The second-order valence-corrected chi connectivity index (χ2v) is 6.01. The van der Waals surface area contributed by atoms with Crippen LogP contribution in [0.1, 0.15) is 18.4 Å². The maximum atomic E-state index is 12.3. The van der Waals surface area contributed by atoms with Gasteiger partial charge in [0.05, 0.1) is 11.1 Å². The van der Waals surface area contributed by atoms with Gasteiger partial charge >= 0.3 is 0 Å². The molecule has 1 aliphatic rings. The van der Waals surface area contributed by atoms with Crippen molar-refractivity contribution in [2.75, 3.05) is 13.1 Å². The number of rotatable bonds is 5. The molecule has 1 fully saturated rings. The first-order valence-corrected chi connectivity index (χ1v) is 8.40. The van der Waals surface area contributed by atoms with Crippen LogP contribution in [0, 0.1) is 10.1 Å². The van der Waals surface area contributed by atoms with Gasteiger partial charge in [-0.05, 0) is 35.9 Å². The molecule has 0 N–H and O–H groups in total. The van der Waals surface area contributed by atoms with Crippen LogP contribution in [0.3, 0.4) is 0 Å². The highest BCUT2D eigenvalue weighted by atomic mass is 16.6. The highest BCUT2D eigenvalue weighted by Gasteiger charge is 2.22. The maximum Gasteiger partial charge on any atom is 0.269 e. The lowest BCUT2D eigenvalue weighted by Gasteiger charge is -2.31. The van der Waals surface area contributed by atoms with Gasteiger partial charge in [-0.15, -0.1) is 0 Å². The number of carbonyl (C=O) groups is 1. The zero-order valence-corrected chi connectivity index (χ0v) is 14.2. The molecule has 26 heavy (non-hydrogen) atoms. The van der Waals surface area contributed by atoms with E-state index in [4.69, 9.17) is 4.74 Å². The van der Waals surface area contributed by atoms with Gasteiger partial charge in [0.2, 0.25) is 5.91 Å². The van der Waals surface area contributed by atoms with Crippen molar-refractivity contribution in [3.63, 3.8) is 0 Å². The van der Waals surface area contributed by atoms with Gasteiger partial charge in [-0.3, -0.25) is 19.9 Å². The summed E-state index contributed by atoms with van der Waals surface area (Å²) < 4.78 is 5.87. The van der Waals surface area contributed by atoms with Gasteiger partial charge in [-0.25, -0.2) is 0 Å². The van der Waals surface area contributed by atoms with Crippen molar-refractivity contribution in [3.8, 4) is 5.75 Å². The van der Waals surface area contributed by atoms with Crippen LogP contribution in [0.5, 0.6) is 5.75 Å². The van der Waals surface area contributed by atoms with Crippen LogP contribution >= 0.6 is 0 Å². The fraction of sp³-hybridized carbons (Fsp3) is 0.263. The Morgan fingerprint density at radius 2 is 1.96 bits per heavy atom. The summed E-state index contributed by atoms with van der Waals surface area (Å²) in [6, 6.07) is 9.79. The second kappa shape index (κ2) is 8.24. The lowest BCUT2D eigenvalue weighted by Crippen LogP contribution is -2.41. The number of benzene rings is 1. The molecular formula is C19H19N3O4. The topological polar surface area (TPSA) is 85.6 Å². The summed E-state index contributed by atoms with van der Waals surface area (Å²) in [6.07, 6.45) is 8.18. The van der Waals surface area contributed by atoms with Crippen molar-refractivity contribution < 1.29 is 14.5 Å². The summed E-state index contributed by atoms with van der Waals surface area (Å²) in [4.78, 5) is 28.3. The van der Waals surface area contributed by atoms with Gasteiger partial charge in [0.25, 0.3) is 5.69 Å². The third kappa shape index (κ3) is 4.66. The van der Waals surface area contributed by atoms with E-state index in [0.29, 0.717) is 13.1 Å². The van der Waals surface area contributed by atoms with E-state index in [1.807, 2.05) is 12.1 Å². The summed E-state index contributed by atoms with van der Waals surface area (Å²) in [5.41, 5.74) is 0.780. The number of piperidine rings is 1. The Hall–Kier alpha value is -3.22. The molecular weight excluding hydrogens is 334 g/mol. The third-order valence-electron chi connectivity index (χ3n) is 4.21. The molecule has 3 rings (SSSR count). The Bertz CT molecular complexity index is 782. The Morgan fingerprint density at radius 3 is 2.58 bits per heavy atom. The fourth-order valence-corrected chi connectivity index (χ4v) is 2.78. The van der Waals surface area contributed by atoms with Crippen molar-refractivity contribution in [2.45, 2.75) is 18.9 Å². The van der Waals surface area contributed by atoms with Crippen LogP contribution in [0.2, 0.25) is 0 Å². The summed E-state index contributed by atoms with van der Waals surface area (Å²) in [5, 5.41) is 10.6. The molecule has 0 atom stereocenters. The highest BCUT2D eigenvalue weighted by Crippen LogP contribution is 2.18. The number of non-ortho nitro benzene ring substituents is 1. The predicted molar refractivity (Wildman–Crippen MR) is 96.6 cm³/mol. The van der Waals surface area contributed by atoms with Crippen molar-refractivity contribution in [1.29, 1.82) is 0 Å². The summed E-state index contributed by atoms with van der Waals surface area (Å²) in [7, 11) is 0. The largest absolute Gasteiger partial charge is 0.489 e. The average molecular weight is 353 g/mol. The standard InChI is InChI=1S/C19H19N3O4/c23-19(8-5-15-3-6-16(7-4-15)22(24)25)21-12-9-17(10-13-21)26-18-2-1-11-20-14-18/h1-8,11,14,17H,9-10,12-13H2/b8-5+. The Kier molecular flexibility index (Phi) is 5.58. The van der Waals surface area contributed by atoms with Gasteiger partial charge in [-0.1, -0.05) is 0 Å². The van der Waals surface area contributed by atoms with E-state index in [9.17, 15) is 14.9 Å². The van der Waals surface area contributed by atoms with Crippen LogP contribution in [0.25, 0.3) is 6.08 Å². The van der Waals surface area contributed by atoms with E-state index >= 15 is 0 Å². The van der Waals surface area contributed by atoms with Crippen molar-refractivity contribution >= 4 is 17.7 Å². The molecule has 0 saturated carbocycles. The van der Waals surface area contributed by atoms with Crippen LogP contribution in [0.15, 0.2) is 54.9 Å². The molecule has 7 nitrogen and oxygen atoms in total. The number of nitro benzene ring substituents is 1. The molecule has 0 radical (unpaired) electrons. The first-order chi connectivity index (χ1) is 12.6. The van der Waals surface area contributed by atoms with Crippen LogP contribution in [-0.4, -0.2) is 39.9 Å². The van der Waals surface area contributed by atoms with Crippen LogP contribution in [0.4, 0.5) is 5.69 Å². The molecule has 0 aliphatic carbocycles. The predicted octanol–water partition coefficient (Wildman–Crippen LogP) is 3.07. The molecule has 2 heterocycles. The molecule has 1 saturated heterocycles. The molecule has 0 bridgehead atoms. The number of ether oxygens (including phenoxy) is 1. The molecule has 1 aromatic carbocycles. The van der Waals surface area contributed by atoms with Gasteiger partial charge in [0, 0.05) is 50.3 Å². The number of amides is 1. The lowest BCUT2D eigenvalue weighted by molar-refractivity contribution is -0.384. The molecule has 0 spiro atoms. The van der Waals surface area contributed by atoms with E-state index < -0.39 is 4.92 Å². The molecule has 0 unspecified atom stereocenters. The smallest absolute Gasteiger partial charge is 0.269 e. The van der Waals surface area contributed by atoms with E-state index in [1.54, 1.807) is 35.5 Å². The zero-order valence-electron chi connectivity index (χ0n) is 14.2. The third-order valence-corrected chi connectivity index (χ3v) is 4.21. The number of pyridine rings is 1. The van der Waals surface area contributed by atoms with E-state index in [1.165, 1.54) is 18.2 Å². The Balaban J connectivity index is 1.49. The average Bonchev–Trinajstić information content (AvgIpc) is 2.68. The minimum atomic E-state index is -0.448. The van der Waals surface area contributed by atoms with Crippen LogP contribution in [-0.2, 0) is 4.79 Å². The van der Waals surface area contributed by atoms with Crippen molar-refractivity contribution in [3.05, 3.63) is 70.5 Å². The minimum absolute atomic E-state index is 0.0316. The van der Waals surface area contributed by atoms with Crippen molar-refractivity contribution in [1.82, 2.24) is 9.88 Å². The number of aromatic nitrogens is 1. The van der Waals surface area contributed by atoms with Crippen molar-refractivity contribution in [2.24, 2.45) is 0 Å². The van der Waals surface area contributed by atoms with Gasteiger partial charge < -0.3 is 9.64 Å². The monoisotopic (exact) mass is 353 g/mol. The molecule has 7 heteroatoms. The summed E-state index contributed by atoms with van der Waals surface area (Å²) in [6.45, 7) is 1.27. The zero-order chi connectivity index (χ0) is 18.4. The maximum absolute atomic E-state index is 12.3. The van der Waals surface area contributed by atoms with E-state index in [-0.39, 0.29) is 17.7 Å². The van der Waals surface area contributed by atoms with E-state index in [0.717, 1.165) is 24.2 Å². The number of hydrogen-bond acceptors (Lipinski definition) is 5. The SMILES string of the molecule is O=C(/C=C/c1ccc([N+](=O)[O-])cc1)N1CCC(Oc2cccnc2)CC1. The lowest BCUT2D eigenvalue weighted by atomic mass is 10.1. The molecule has 1 amide bonds. The molecule has 134 valence electrons. The first-order valence-electron chi connectivity index (χ1n) is 8.40. The number of hydrogen-bond donors (Lipinski definition) is 0. The Labute approximate surface area is 151 Å².